The van der Waals surface area contributed by atoms with Crippen LogP contribution in [0.25, 0.3) is 32.3 Å². The van der Waals surface area contributed by atoms with Crippen molar-refractivity contribution in [1.82, 2.24) is 0 Å². The van der Waals surface area contributed by atoms with Gasteiger partial charge in [0.25, 0.3) is 0 Å². The zero-order chi connectivity index (χ0) is 18.6. The average Bonchev–Trinajstić information content (AvgIpc) is 3.29. The minimum atomic E-state index is -0.248. The van der Waals surface area contributed by atoms with Gasteiger partial charge in [0.15, 0.2) is 5.78 Å². The van der Waals surface area contributed by atoms with Gasteiger partial charge >= 0.3 is 0 Å². The number of benzene rings is 2. The standard InChI is InChI=1S/C23H16O2S2/c24-18(11-9-16-14-26-22-7-3-1-5-20(16)22)13-19(25)12-10-17-15-27-23-8-4-2-6-21(17)23/h1-15,24H/b11-9+,12-10+,18-13-. The molecule has 1 N–H and O–H groups in total. The molecule has 2 heterocycles. The van der Waals surface area contributed by atoms with Crippen LogP contribution in [0.3, 0.4) is 0 Å². The molecule has 2 aromatic carbocycles. The molecule has 4 heteroatoms. The number of allylic oxidation sites excluding steroid dienone is 3. The number of thiophene rings is 2. The summed E-state index contributed by atoms with van der Waals surface area (Å²) in [7, 11) is 0. The van der Waals surface area contributed by atoms with Crippen molar-refractivity contribution in [1.29, 1.82) is 0 Å². The molecule has 0 amide bonds. The molecule has 132 valence electrons. The number of aliphatic hydroxyl groups excluding tert-OH is 1. The van der Waals surface area contributed by atoms with Gasteiger partial charge in [-0.2, -0.15) is 0 Å². The van der Waals surface area contributed by atoms with Gasteiger partial charge in [0.2, 0.25) is 0 Å². The van der Waals surface area contributed by atoms with Crippen molar-refractivity contribution in [3.8, 4) is 0 Å². The van der Waals surface area contributed by atoms with E-state index in [9.17, 15) is 9.90 Å². The summed E-state index contributed by atoms with van der Waals surface area (Å²) in [5, 5.41) is 16.4. The summed E-state index contributed by atoms with van der Waals surface area (Å²) in [5.41, 5.74) is 2.04. The van der Waals surface area contributed by atoms with Crippen LogP contribution in [0.4, 0.5) is 0 Å². The van der Waals surface area contributed by atoms with E-state index in [0.29, 0.717) is 0 Å². The lowest BCUT2D eigenvalue weighted by Gasteiger charge is -1.93. The quantitative estimate of drug-likeness (QED) is 0.230. The maximum absolute atomic E-state index is 12.1. The minimum absolute atomic E-state index is 0.0601. The van der Waals surface area contributed by atoms with Crippen molar-refractivity contribution in [2.75, 3.05) is 0 Å². The first-order valence-corrected chi connectivity index (χ1v) is 10.2. The largest absolute Gasteiger partial charge is 0.508 e. The van der Waals surface area contributed by atoms with Crippen LogP contribution in [0, 0.1) is 0 Å². The number of ketones is 1. The summed E-state index contributed by atoms with van der Waals surface area (Å²) in [6.07, 6.45) is 7.89. The molecule has 4 rings (SSSR count). The molecule has 4 aromatic rings. The van der Waals surface area contributed by atoms with E-state index in [2.05, 4.69) is 12.1 Å². The predicted molar refractivity (Wildman–Crippen MR) is 117 cm³/mol. The average molecular weight is 389 g/mol. The van der Waals surface area contributed by atoms with Crippen LogP contribution in [0.5, 0.6) is 0 Å². The second kappa shape index (κ2) is 7.74. The van der Waals surface area contributed by atoms with Crippen LogP contribution in [0.1, 0.15) is 11.1 Å². The molecule has 0 aliphatic carbocycles. The Morgan fingerprint density at radius 1 is 0.778 bits per heavy atom. The maximum atomic E-state index is 12.1. The number of carbonyl (C=O) groups excluding carboxylic acids is 1. The van der Waals surface area contributed by atoms with Crippen LogP contribution in [0.2, 0.25) is 0 Å². The van der Waals surface area contributed by atoms with E-state index in [0.717, 1.165) is 21.9 Å². The fraction of sp³-hybridized carbons (Fsp3) is 0. The van der Waals surface area contributed by atoms with E-state index in [1.54, 1.807) is 34.8 Å². The summed E-state index contributed by atoms with van der Waals surface area (Å²) in [6.45, 7) is 0. The molecule has 0 spiro atoms. The first-order chi connectivity index (χ1) is 13.2. The number of rotatable bonds is 5. The van der Waals surface area contributed by atoms with Crippen LogP contribution in [-0.4, -0.2) is 10.9 Å². The van der Waals surface area contributed by atoms with Gasteiger partial charge in [-0.3, -0.25) is 4.79 Å². The molecule has 0 bridgehead atoms. The molecule has 0 radical (unpaired) electrons. The molecule has 0 saturated heterocycles. The van der Waals surface area contributed by atoms with Crippen molar-refractivity contribution in [2.45, 2.75) is 0 Å². The number of hydrogen-bond donors (Lipinski definition) is 1. The fourth-order valence-corrected chi connectivity index (χ4v) is 4.70. The Balaban J connectivity index is 1.48. The Labute approximate surface area is 165 Å². The van der Waals surface area contributed by atoms with Crippen LogP contribution >= 0.6 is 22.7 Å². The Hall–Kier alpha value is -2.95. The zero-order valence-electron chi connectivity index (χ0n) is 14.3. The van der Waals surface area contributed by atoms with E-state index in [4.69, 9.17) is 0 Å². The molecule has 2 aromatic heterocycles. The third-order valence-corrected chi connectivity index (χ3v) is 6.14. The lowest BCUT2D eigenvalue weighted by atomic mass is 10.1. The van der Waals surface area contributed by atoms with Crippen molar-refractivity contribution in [3.05, 3.63) is 94.4 Å². The van der Waals surface area contributed by atoms with Gasteiger partial charge in [0, 0.05) is 15.5 Å². The smallest absolute Gasteiger partial charge is 0.182 e. The number of fused-ring (bicyclic) bond motifs is 2. The third kappa shape index (κ3) is 3.92. The molecule has 0 aliphatic heterocycles. The van der Waals surface area contributed by atoms with E-state index >= 15 is 0 Å². The molecule has 0 fully saturated rings. The normalized spacial score (nSPS) is 12.7. The van der Waals surface area contributed by atoms with Gasteiger partial charge in [-0.1, -0.05) is 36.4 Å². The van der Waals surface area contributed by atoms with Crippen molar-refractivity contribution < 1.29 is 9.90 Å². The maximum Gasteiger partial charge on any atom is 0.182 e. The summed E-state index contributed by atoms with van der Waals surface area (Å²) in [4.78, 5) is 12.1. The van der Waals surface area contributed by atoms with E-state index in [1.165, 1.54) is 21.6 Å². The highest BCUT2D eigenvalue weighted by molar-refractivity contribution is 7.17. The monoisotopic (exact) mass is 388 g/mol. The SMILES string of the molecule is O=C(/C=C(O)/C=C/c1csc2ccccc12)/C=C/c1csc2ccccc12. The van der Waals surface area contributed by atoms with Crippen LogP contribution in [0.15, 0.2) is 83.3 Å². The lowest BCUT2D eigenvalue weighted by Crippen LogP contribution is -1.88. The summed E-state index contributed by atoms with van der Waals surface area (Å²) in [5.74, 6) is -0.308. The zero-order valence-corrected chi connectivity index (χ0v) is 16.0. The summed E-state index contributed by atoms with van der Waals surface area (Å²) in [6, 6.07) is 16.2. The third-order valence-electron chi connectivity index (χ3n) is 4.17. The Kier molecular flexibility index (Phi) is 5.01. The van der Waals surface area contributed by atoms with Crippen molar-refractivity contribution >= 4 is 60.8 Å². The van der Waals surface area contributed by atoms with Gasteiger partial charge in [-0.05, 0) is 69.1 Å². The van der Waals surface area contributed by atoms with Crippen LogP contribution < -0.4 is 0 Å². The van der Waals surface area contributed by atoms with E-state index in [1.807, 2.05) is 53.2 Å². The molecule has 27 heavy (non-hydrogen) atoms. The second-order valence-electron chi connectivity index (χ2n) is 6.01. The highest BCUT2D eigenvalue weighted by Gasteiger charge is 2.02. The van der Waals surface area contributed by atoms with Crippen molar-refractivity contribution in [3.63, 3.8) is 0 Å². The van der Waals surface area contributed by atoms with Crippen LogP contribution in [-0.2, 0) is 4.79 Å². The first-order valence-electron chi connectivity index (χ1n) is 8.44. The van der Waals surface area contributed by atoms with E-state index < -0.39 is 0 Å². The summed E-state index contributed by atoms with van der Waals surface area (Å²) >= 11 is 3.31. The number of hydrogen-bond acceptors (Lipinski definition) is 4. The summed E-state index contributed by atoms with van der Waals surface area (Å²) < 4.78 is 2.39. The molecule has 2 nitrogen and oxygen atoms in total. The molecule has 0 saturated carbocycles. The molecule has 0 unspecified atom stereocenters. The number of carbonyl (C=O) groups is 1. The van der Waals surface area contributed by atoms with Gasteiger partial charge in [-0.25, -0.2) is 0 Å². The molecule has 0 atom stereocenters. The predicted octanol–water partition coefficient (Wildman–Crippen LogP) is 6.85. The minimum Gasteiger partial charge on any atom is -0.508 e. The number of aliphatic hydroxyl groups is 1. The van der Waals surface area contributed by atoms with Crippen molar-refractivity contribution in [2.24, 2.45) is 0 Å². The van der Waals surface area contributed by atoms with Gasteiger partial charge in [0.05, 0.1) is 0 Å². The Morgan fingerprint density at radius 2 is 1.30 bits per heavy atom. The lowest BCUT2D eigenvalue weighted by molar-refractivity contribution is -0.110. The molecule has 0 aliphatic rings. The molecular weight excluding hydrogens is 372 g/mol. The topological polar surface area (TPSA) is 37.3 Å². The van der Waals surface area contributed by atoms with Gasteiger partial charge in [-0.15, -0.1) is 22.7 Å². The second-order valence-corrected chi connectivity index (χ2v) is 7.84. The Morgan fingerprint density at radius 3 is 1.89 bits per heavy atom. The van der Waals surface area contributed by atoms with Gasteiger partial charge < -0.3 is 5.11 Å². The van der Waals surface area contributed by atoms with Gasteiger partial charge in [0.1, 0.15) is 5.76 Å². The van der Waals surface area contributed by atoms with E-state index in [-0.39, 0.29) is 11.5 Å². The first kappa shape index (κ1) is 17.5. The molecular formula is C23H16O2S2. The Bertz CT molecular complexity index is 1210. The fourth-order valence-electron chi connectivity index (χ4n) is 2.84. The highest BCUT2D eigenvalue weighted by atomic mass is 32.1. The highest BCUT2D eigenvalue weighted by Crippen LogP contribution is 2.27.